The number of amides is 2. The SMILES string of the molecule is COC(=O)[C@@]12CCCCN1[C@H](c1ccc(-c3ccc(Cl)c(Cl)c3)c(OC)c1)[C@@H]1C(=O)N(C)C(=O)[C@@H]12. The fourth-order valence-electron chi connectivity index (χ4n) is 6.29. The summed E-state index contributed by atoms with van der Waals surface area (Å²) in [7, 11) is 4.41. The van der Waals surface area contributed by atoms with E-state index in [1.165, 1.54) is 19.1 Å². The summed E-state index contributed by atoms with van der Waals surface area (Å²) in [6, 6.07) is 10.6. The van der Waals surface area contributed by atoms with Gasteiger partial charge in [-0.05, 0) is 55.1 Å². The number of esters is 1. The van der Waals surface area contributed by atoms with E-state index in [0.29, 0.717) is 28.8 Å². The van der Waals surface area contributed by atoms with Gasteiger partial charge in [0.15, 0.2) is 0 Å². The molecular formula is C26H26Cl2N2O5. The normalized spacial score (nSPS) is 28.1. The van der Waals surface area contributed by atoms with E-state index in [9.17, 15) is 14.4 Å². The second-order valence-electron chi connectivity index (χ2n) is 9.34. The number of piperidine rings is 1. The second kappa shape index (κ2) is 8.80. The summed E-state index contributed by atoms with van der Waals surface area (Å²) in [5.74, 6) is -1.90. The molecule has 3 fully saturated rings. The lowest BCUT2D eigenvalue weighted by molar-refractivity contribution is -0.163. The number of ether oxygens (including phenoxy) is 2. The van der Waals surface area contributed by atoms with Crippen molar-refractivity contribution in [3.05, 3.63) is 52.0 Å². The molecule has 0 aromatic heterocycles. The predicted octanol–water partition coefficient (Wildman–Crippen LogP) is 4.35. The van der Waals surface area contributed by atoms with Gasteiger partial charge in [0.2, 0.25) is 11.8 Å². The van der Waals surface area contributed by atoms with Crippen LogP contribution in [-0.2, 0) is 19.1 Å². The van der Waals surface area contributed by atoms with Crippen molar-refractivity contribution in [1.82, 2.24) is 9.80 Å². The van der Waals surface area contributed by atoms with Crippen LogP contribution in [0.4, 0.5) is 0 Å². The van der Waals surface area contributed by atoms with Crippen LogP contribution in [0.2, 0.25) is 10.0 Å². The van der Waals surface area contributed by atoms with Gasteiger partial charge in [-0.2, -0.15) is 0 Å². The van der Waals surface area contributed by atoms with Gasteiger partial charge in [0.1, 0.15) is 11.3 Å². The first-order valence-electron chi connectivity index (χ1n) is 11.6. The molecule has 4 atom stereocenters. The molecule has 0 radical (unpaired) electrons. The predicted molar refractivity (Wildman–Crippen MR) is 131 cm³/mol. The van der Waals surface area contributed by atoms with Gasteiger partial charge in [0.05, 0.1) is 36.1 Å². The number of halogens is 2. The van der Waals surface area contributed by atoms with Crippen molar-refractivity contribution < 1.29 is 23.9 Å². The van der Waals surface area contributed by atoms with Crippen molar-refractivity contribution in [1.29, 1.82) is 0 Å². The molecular weight excluding hydrogens is 491 g/mol. The molecule has 0 spiro atoms. The average Bonchev–Trinajstić information content (AvgIpc) is 3.31. The minimum Gasteiger partial charge on any atom is -0.496 e. The Morgan fingerprint density at radius 1 is 1.03 bits per heavy atom. The van der Waals surface area contributed by atoms with Crippen molar-refractivity contribution in [3.8, 4) is 16.9 Å². The minimum atomic E-state index is -1.16. The lowest BCUT2D eigenvalue weighted by atomic mass is 9.75. The largest absolute Gasteiger partial charge is 0.496 e. The molecule has 3 aliphatic heterocycles. The van der Waals surface area contributed by atoms with Gasteiger partial charge >= 0.3 is 5.97 Å². The van der Waals surface area contributed by atoms with Crippen molar-refractivity contribution in [2.24, 2.45) is 11.8 Å². The molecule has 0 N–H and O–H groups in total. The van der Waals surface area contributed by atoms with Crippen molar-refractivity contribution >= 4 is 41.0 Å². The highest BCUT2D eigenvalue weighted by Gasteiger charge is 2.72. The van der Waals surface area contributed by atoms with E-state index in [1.807, 2.05) is 29.2 Å². The highest BCUT2D eigenvalue weighted by Crippen LogP contribution is 2.58. The summed E-state index contributed by atoms with van der Waals surface area (Å²) < 4.78 is 11.0. The van der Waals surface area contributed by atoms with E-state index in [-0.39, 0.29) is 11.8 Å². The van der Waals surface area contributed by atoms with Crippen molar-refractivity contribution in [2.45, 2.75) is 30.8 Å². The molecule has 5 rings (SSSR count). The van der Waals surface area contributed by atoms with E-state index >= 15 is 0 Å². The van der Waals surface area contributed by atoms with Crippen LogP contribution in [0.5, 0.6) is 5.75 Å². The minimum absolute atomic E-state index is 0.268. The summed E-state index contributed by atoms with van der Waals surface area (Å²) in [5, 5.41) is 0.893. The lowest BCUT2D eigenvalue weighted by Crippen LogP contribution is -2.59. The Kier molecular flexibility index (Phi) is 6.06. The zero-order valence-corrected chi connectivity index (χ0v) is 21.2. The number of nitrogens with zero attached hydrogens (tertiary/aromatic N) is 2. The Balaban J connectivity index is 1.65. The number of fused-ring (bicyclic) bond motifs is 3. The highest BCUT2D eigenvalue weighted by molar-refractivity contribution is 6.42. The molecule has 2 amide bonds. The maximum absolute atomic E-state index is 13.4. The van der Waals surface area contributed by atoms with Gasteiger partial charge in [-0.1, -0.05) is 41.4 Å². The third-order valence-corrected chi connectivity index (χ3v) is 8.56. The van der Waals surface area contributed by atoms with Crippen LogP contribution in [0.15, 0.2) is 36.4 Å². The summed E-state index contributed by atoms with van der Waals surface area (Å²) >= 11 is 12.3. The van der Waals surface area contributed by atoms with Crippen molar-refractivity contribution in [3.63, 3.8) is 0 Å². The van der Waals surface area contributed by atoms with Crippen LogP contribution in [0.1, 0.15) is 30.9 Å². The van der Waals surface area contributed by atoms with Crippen LogP contribution in [0.3, 0.4) is 0 Å². The first-order chi connectivity index (χ1) is 16.8. The summed E-state index contributed by atoms with van der Waals surface area (Å²) in [5.41, 5.74) is 1.30. The van der Waals surface area contributed by atoms with Crippen LogP contribution >= 0.6 is 23.2 Å². The molecule has 2 aromatic rings. The fourth-order valence-corrected chi connectivity index (χ4v) is 6.59. The van der Waals surface area contributed by atoms with Gasteiger partial charge in [0, 0.05) is 18.7 Å². The van der Waals surface area contributed by atoms with Crippen LogP contribution in [0, 0.1) is 11.8 Å². The number of carbonyl (C=O) groups is 3. The van der Waals surface area contributed by atoms with Crippen LogP contribution < -0.4 is 4.74 Å². The monoisotopic (exact) mass is 516 g/mol. The molecule has 2 aromatic carbocycles. The molecule has 0 bridgehead atoms. The van der Waals surface area contributed by atoms with E-state index in [2.05, 4.69) is 0 Å². The molecule has 3 aliphatic rings. The maximum Gasteiger partial charge on any atom is 0.327 e. The average molecular weight is 517 g/mol. The fraction of sp³-hybridized carbons (Fsp3) is 0.423. The smallest absolute Gasteiger partial charge is 0.327 e. The molecule has 3 saturated heterocycles. The highest BCUT2D eigenvalue weighted by atomic mass is 35.5. The van der Waals surface area contributed by atoms with Crippen LogP contribution in [-0.4, -0.2) is 60.9 Å². The van der Waals surface area contributed by atoms with E-state index in [0.717, 1.165) is 29.5 Å². The van der Waals surface area contributed by atoms with E-state index in [4.69, 9.17) is 32.7 Å². The third kappa shape index (κ3) is 3.39. The third-order valence-electron chi connectivity index (χ3n) is 7.82. The number of carbonyl (C=O) groups excluding carboxylic acids is 3. The number of rotatable bonds is 4. The Bertz CT molecular complexity index is 1230. The second-order valence-corrected chi connectivity index (χ2v) is 10.2. The molecule has 0 aliphatic carbocycles. The van der Waals surface area contributed by atoms with Gasteiger partial charge in [0.25, 0.3) is 0 Å². The number of hydrogen-bond donors (Lipinski definition) is 0. The number of hydrogen-bond acceptors (Lipinski definition) is 6. The first-order valence-corrected chi connectivity index (χ1v) is 12.3. The van der Waals surface area contributed by atoms with Gasteiger partial charge in [-0.15, -0.1) is 0 Å². The Morgan fingerprint density at radius 3 is 2.49 bits per heavy atom. The summed E-state index contributed by atoms with van der Waals surface area (Å²) in [6.07, 6.45) is 2.13. The Labute approximate surface area is 213 Å². The standard InChI is InChI=1S/C26H26Cl2N2O5/c1-29-23(31)20-21(24(29)32)26(25(33)35-3)10-4-5-11-30(26)22(20)15-6-8-16(19(13-15)34-2)14-7-9-17(27)18(28)12-14/h6-9,12-13,20-22H,4-5,10-11H2,1-3H3/t20-,21-,22-,26+/m1/s1. The topological polar surface area (TPSA) is 76.2 Å². The quantitative estimate of drug-likeness (QED) is 0.444. The van der Waals surface area contributed by atoms with Gasteiger partial charge < -0.3 is 9.47 Å². The molecule has 0 unspecified atom stereocenters. The molecule has 35 heavy (non-hydrogen) atoms. The molecule has 184 valence electrons. The molecule has 9 heteroatoms. The number of methoxy groups -OCH3 is 2. The summed E-state index contributed by atoms with van der Waals surface area (Å²) in [4.78, 5) is 43.1. The van der Waals surface area contributed by atoms with E-state index in [1.54, 1.807) is 19.2 Å². The van der Waals surface area contributed by atoms with Crippen molar-refractivity contribution in [2.75, 3.05) is 27.8 Å². The Hall–Kier alpha value is -2.61. The van der Waals surface area contributed by atoms with E-state index < -0.39 is 29.4 Å². The van der Waals surface area contributed by atoms with Crippen LogP contribution in [0.25, 0.3) is 11.1 Å². The zero-order valence-electron chi connectivity index (χ0n) is 19.7. The Morgan fingerprint density at radius 2 is 1.80 bits per heavy atom. The maximum atomic E-state index is 13.4. The summed E-state index contributed by atoms with van der Waals surface area (Å²) in [6.45, 7) is 0.591. The molecule has 3 heterocycles. The number of imide groups is 1. The molecule has 7 nitrogen and oxygen atoms in total. The zero-order chi connectivity index (χ0) is 25.1. The van der Waals surface area contributed by atoms with Gasteiger partial charge in [-0.3, -0.25) is 24.2 Å². The first kappa shape index (κ1) is 24.1. The number of likely N-dealkylation sites (tertiary alicyclic amines) is 1. The molecule has 0 saturated carbocycles. The lowest BCUT2D eigenvalue weighted by Gasteiger charge is -2.44. The van der Waals surface area contributed by atoms with Gasteiger partial charge in [-0.25, -0.2) is 0 Å². The number of benzene rings is 2.